The van der Waals surface area contributed by atoms with Crippen molar-refractivity contribution in [1.82, 2.24) is 4.98 Å². The summed E-state index contributed by atoms with van der Waals surface area (Å²) in [4.78, 5) is 26.7. The summed E-state index contributed by atoms with van der Waals surface area (Å²) in [5.41, 5.74) is 0.581. The second-order valence-electron chi connectivity index (χ2n) is 4.09. The van der Waals surface area contributed by atoms with Crippen LogP contribution in [0.3, 0.4) is 0 Å². The molecule has 0 spiro atoms. The number of carbonyl (C=O) groups is 2. The molecule has 0 aliphatic rings. The molecule has 5 nitrogen and oxygen atoms in total. The van der Waals surface area contributed by atoms with Crippen LogP contribution in [0.4, 0.5) is 5.69 Å². The Morgan fingerprint density at radius 2 is 2.00 bits per heavy atom. The number of halogens is 1. The number of nitrogens with zero attached hydrogens (tertiary/aromatic N) is 1. The first-order valence-electron chi connectivity index (χ1n) is 5.72. The number of carbonyl (C=O) groups excluding carboxylic acids is 1. The summed E-state index contributed by atoms with van der Waals surface area (Å²) in [5.74, 6) is -1.87. The summed E-state index contributed by atoms with van der Waals surface area (Å²) in [7, 11) is 0. The van der Waals surface area contributed by atoms with Crippen LogP contribution < -0.4 is 5.32 Å². The molecule has 2 N–H and O–H groups in total. The Kier molecular flexibility index (Phi) is 4.36. The Hall–Kier alpha value is -1.92. The maximum Gasteiger partial charge on any atom is 0.355 e. The number of anilines is 1. The molecule has 7 heteroatoms. The monoisotopic (exact) mass is 310 g/mol. The van der Waals surface area contributed by atoms with Crippen molar-refractivity contribution in [2.75, 3.05) is 5.32 Å². The third-order valence-electron chi connectivity index (χ3n) is 2.62. The Morgan fingerprint density at radius 3 is 2.55 bits per heavy atom. The molecule has 1 atom stereocenters. The van der Waals surface area contributed by atoms with Gasteiger partial charge in [-0.25, -0.2) is 9.78 Å². The number of carboxylic acid groups (broad SMARTS) is 1. The second kappa shape index (κ2) is 6.02. The molecule has 104 valence electrons. The molecule has 1 aromatic carbocycles. The van der Waals surface area contributed by atoms with Crippen molar-refractivity contribution in [2.45, 2.75) is 12.8 Å². The van der Waals surface area contributed by atoms with Crippen molar-refractivity contribution < 1.29 is 14.7 Å². The van der Waals surface area contributed by atoms with Crippen LogP contribution in [-0.4, -0.2) is 22.0 Å². The fraction of sp³-hybridized carbons (Fsp3) is 0.154. The summed E-state index contributed by atoms with van der Waals surface area (Å²) in [5, 5.41) is 14.0. The number of aromatic nitrogens is 1. The average Bonchev–Trinajstić information content (AvgIpc) is 2.90. The van der Waals surface area contributed by atoms with E-state index in [1.165, 1.54) is 5.38 Å². The molecule has 1 aromatic heterocycles. The zero-order valence-corrected chi connectivity index (χ0v) is 12.0. The van der Waals surface area contributed by atoms with Gasteiger partial charge in [0.25, 0.3) is 0 Å². The van der Waals surface area contributed by atoms with Crippen LogP contribution in [0.25, 0.3) is 0 Å². The van der Waals surface area contributed by atoms with Gasteiger partial charge in [-0.15, -0.1) is 11.3 Å². The van der Waals surface area contributed by atoms with E-state index in [-0.39, 0.29) is 11.6 Å². The van der Waals surface area contributed by atoms with Crippen molar-refractivity contribution >= 4 is 40.5 Å². The van der Waals surface area contributed by atoms with Gasteiger partial charge in [-0.3, -0.25) is 4.79 Å². The molecule has 2 aromatic rings. The molecule has 2 rings (SSSR count). The highest BCUT2D eigenvalue weighted by atomic mass is 35.5. The molecule has 1 amide bonds. The summed E-state index contributed by atoms with van der Waals surface area (Å²) in [6.45, 7) is 1.68. The van der Waals surface area contributed by atoms with Gasteiger partial charge < -0.3 is 10.4 Å². The largest absolute Gasteiger partial charge is 0.476 e. The SMILES string of the molecule is C[C@H](C(=O)Nc1ccc(Cl)cc1)c1nc(C(=O)O)cs1. The van der Waals surface area contributed by atoms with E-state index in [4.69, 9.17) is 16.7 Å². The summed E-state index contributed by atoms with van der Waals surface area (Å²) >= 11 is 6.92. The number of carboxylic acids is 1. The summed E-state index contributed by atoms with van der Waals surface area (Å²) in [6, 6.07) is 6.73. The molecule has 0 aliphatic heterocycles. The maximum atomic E-state index is 12.1. The second-order valence-corrected chi connectivity index (χ2v) is 5.42. The van der Waals surface area contributed by atoms with E-state index in [9.17, 15) is 9.59 Å². The van der Waals surface area contributed by atoms with E-state index < -0.39 is 11.9 Å². The van der Waals surface area contributed by atoms with Gasteiger partial charge in [0.2, 0.25) is 5.91 Å². The van der Waals surface area contributed by atoms with Crippen LogP contribution in [0.15, 0.2) is 29.6 Å². The predicted octanol–water partition coefficient (Wildman–Crippen LogP) is 3.24. The number of rotatable bonds is 4. The molecule has 0 radical (unpaired) electrons. The van der Waals surface area contributed by atoms with Gasteiger partial charge in [-0.05, 0) is 31.2 Å². The van der Waals surface area contributed by atoms with E-state index in [1.807, 2.05) is 0 Å². The zero-order chi connectivity index (χ0) is 14.7. The van der Waals surface area contributed by atoms with Gasteiger partial charge >= 0.3 is 5.97 Å². The smallest absolute Gasteiger partial charge is 0.355 e. The highest BCUT2D eigenvalue weighted by Crippen LogP contribution is 2.22. The van der Waals surface area contributed by atoms with Gasteiger partial charge in [0.1, 0.15) is 5.01 Å². The fourth-order valence-corrected chi connectivity index (χ4v) is 2.45. The molecule has 0 unspecified atom stereocenters. The number of thiazole rings is 1. The van der Waals surface area contributed by atoms with Gasteiger partial charge in [-0.1, -0.05) is 11.6 Å². The first-order valence-corrected chi connectivity index (χ1v) is 6.98. The molecule has 0 fully saturated rings. The highest BCUT2D eigenvalue weighted by molar-refractivity contribution is 7.10. The van der Waals surface area contributed by atoms with Crippen LogP contribution >= 0.6 is 22.9 Å². The Bertz CT molecular complexity index is 639. The molecular weight excluding hydrogens is 300 g/mol. The Morgan fingerprint density at radius 1 is 1.35 bits per heavy atom. The minimum atomic E-state index is -1.10. The number of aromatic carboxylic acids is 1. The average molecular weight is 311 g/mol. The van der Waals surface area contributed by atoms with E-state index in [0.717, 1.165) is 11.3 Å². The Balaban J connectivity index is 2.07. The molecule has 0 saturated carbocycles. The standard InChI is InChI=1S/C13H11ClN2O3S/c1-7(12-16-10(6-20-12)13(18)19)11(17)15-9-4-2-8(14)3-5-9/h2-7H,1H3,(H,15,17)(H,18,19)/t7-/m1/s1. The number of benzene rings is 1. The first-order chi connectivity index (χ1) is 9.47. The van der Waals surface area contributed by atoms with Crippen molar-refractivity contribution in [2.24, 2.45) is 0 Å². The lowest BCUT2D eigenvalue weighted by molar-refractivity contribution is -0.117. The lowest BCUT2D eigenvalue weighted by Crippen LogP contribution is -2.18. The van der Waals surface area contributed by atoms with Crippen LogP contribution in [0.1, 0.15) is 28.3 Å². The summed E-state index contributed by atoms with van der Waals surface area (Å²) < 4.78 is 0. The number of hydrogen-bond donors (Lipinski definition) is 2. The normalized spacial score (nSPS) is 11.9. The van der Waals surface area contributed by atoms with Gasteiger partial charge in [0, 0.05) is 16.1 Å². The Labute approximate surface area is 124 Å². The highest BCUT2D eigenvalue weighted by Gasteiger charge is 2.20. The van der Waals surface area contributed by atoms with Crippen molar-refractivity contribution in [3.05, 3.63) is 45.4 Å². The predicted molar refractivity (Wildman–Crippen MR) is 77.6 cm³/mol. The van der Waals surface area contributed by atoms with Crippen molar-refractivity contribution in [3.8, 4) is 0 Å². The number of hydrogen-bond acceptors (Lipinski definition) is 4. The molecule has 1 heterocycles. The van der Waals surface area contributed by atoms with E-state index in [0.29, 0.717) is 15.7 Å². The number of amides is 1. The van der Waals surface area contributed by atoms with Gasteiger partial charge in [-0.2, -0.15) is 0 Å². The molecule has 0 saturated heterocycles. The van der Waals surface area contributed by atoms with Gasteiger partial charge in [0.05, 0.1) is 5.92 Å². The van der Waals surface area contributed by atoms with Crippen LogP contribution in [0.2, 0.25) is 5.02 Å². The third kappa shape index (κ3) is 3.34. The number of nitrogens with one attached hydrogen (secondary N) is 1. The van der Waals surface area contributed by atoms with Crippen molar-refractivity contribution in [1.29, 1.82) is 0 Å². The van der Waals surface area contributed by atoms with Crippen molar-refractivity contribution in [3.63, 3.8) is 0 Å². The molecule has 20 heavy (non-hydrogen) atoms. The van der Waals surface area contributed by atoms with E-state index >= 15 is 0 Å². The topological polar surface area (TPSA) is 79.3 Å². The third-order valence-corrected chi connectivity index (χ3v) is 3.90. The summed E-state index contributed by atoms with van der Waals surface area (Å²) in [6.07, 6.45) is 0. The molecule has 0 aliphatic carbocycles. The fourth-order valence-electron chi connectivity index (χ4n) is 1.48. The van der Waals surface area contributed by atoms with Gasteiger partial charge in [0.15, 0.2) is 5.69 Å². The minimum Gasteiger partial charge on any atom is -0.476 e. The van der Waals surface area contributed by atoms with Crippen LogP contribution in [0, 0.1) is 0 Å². The van der Waals surface area contributed by atoms with E-state index in [1.54, 1.807) is 31.2 Å². The minimum absolute atomic E-state index is 0.0452. The van der Waals surface area contributed by atoms with Crippen LogP contribution in [-0.2, 0) is 4.79 Å². The van der Waals surface area contributed by atoms with E-state index in [2.05, 4.69) is 10.3 Å². The quantitative estimate of drug-likeness (QED) is 0.908. The molecular formula is C13H11ClN2O3S. The first kappa shape index (κ1) is 14.5. The lowest BCUT2D eigenvalue weighted by Gasteiger charge is -2.09. The lowest BCUT2D eigenvalue weighted by atomic mass is 10.1. The zero-order valence-electron chi connectivity index (χ0n) is 10.5. The maximum absolute atomic E-state index is 12.1. The molecule has 0 bridgehead atoms. The van der Waals surface area contributed by atoms with Crippen LogP contribution in [0.5, 0.6) is 0 Å².